The minimum absolute atomic E-state index is 0.203. The molecule has 1 fully saturated rings. The molecule has 1 saturated heterocycles. The Balaban J connectivity index is 1.55. The largest absolute Gasteiger partial charge is 0.491 e. The van der Waals surface area contributed by atoms with E-state index in [2.05, 4.69) is 76.0 Å². The van der Waals surface area contributed by atoms with Crippen LogP contribution in [-0.2, 0) is 6.54 Å². The van der Waals surface area contributed by atoms with Crippen LogP contribution in [-0.4, -0.2) is 36.7 Å². The Labute approximate surface area is 201 Å². The lowest BCUT2D eigenvalue weighted by Crippen LogP contribution is -2.52. The summed E-state index contributed by atoms with van der Waals surface area (Å²) in [5, 5.41) is 4.92. The normalized spacial score (nSPS) is 25.1. The van der Waals surface area contributed by atoms with E-state index in [0.717, 1.165) is 42.1 Å². The highest BCUT2D eigenvalue weighted by atomic mass is 35.5. The van der Waals surface area contributed by atoms with Crippen LogP contribution in [0.25, 0.3) is 0 Å². The number of nitrogens with one attached hydrogen (secondary N) is 1. The zero-order valence-electron chi connectivity index (χ0n) is 21.2. The third kappa shape index (κ3) is 7.23. The molecule has 1 aliphatic heterocycles. The fourth-order valence-corrected chi connectivity index (χ4v) is 5.94. The molecule has 1 unspecified atom stereocenters. The van der Waals surface area contributed by atoms with Crippen LogP contribution < -0.4 is 10.1 Å². The molecule has 0 amide bonds. The monoisotopic (exact) mass is 460 g/mol. The van der Waals surface area contributed by atoms with Gasteiger partial charge in [-0.15, -0.1) is 0 Å². The minimum Gasteiger partial charge on any atom is -0.491 e. The van der Waals surface area contributed by atoms with Crippen molar-refractivity contribution in [2.45, 2.75) is 85.9 Å². The molecule has 0 bridgehead atoms. The first-order chi connectivity index (χ1) is 15.1. The van der Waals surface area contributed by atoms with Gasteiger partial charge in [-0.2, -0.15) is 0 Å². The van der Waals surface area contributed by atoms with Crippen molar-refractivity contribution >= 4 is 11.6 Å². The number of piperidine rings is 1. The van der Waals surface area contributed by atoms with E-state index in [4.69, 9.17) is 16.3 Å². The molecular weight excluding hydrogens is 416 g/mol. The van der Waals surface area contributed by atoms with Crippen LogP contribution in [0.1, 0.15) is 72.8 Å². The second kappa shape index (κ2) is 11.4. The summed E-state index contributed by atoms with van der Waals surface area (Å²) < 4.78 is 5.87. The molecule has 3 rings (SSSR count). The quantitative estimate of drug-likeness (QED) is 0.435. The molecule has 0 aromatic heterocycles. The van der Waals surface area contributed by atoms with Crippen molar-refractivity contribution in [2.24, 2.45) is 23.2 Å². The van der Waals surface area contributed by atoms with Gasteiger partial charge in [-0.25, -0.2) is 0 Å². The first-order valence-electron chi connectivity index (χ1n) is 12.7. The number of ether oxygens (including phenoxy) is 1. The van der Waals surface area contributed by atoms with Crippen LogP contribution in [0.4, 0.5) is 0 Å². The van der Waals surface area contributed by atoms with E-state index >= 15 is 0 Å². The highest BCUT2D eigenvalue weighted by molar-refractivity contribution is 6.29. The first-order valence-corrected chi connectivity index (χ1v) is 13.1. The lowest BCUT2D eigenvalue weighted by atomic mass is 9.65. The van der Waals surface area contributed by atoms with Gasteiger partial charge in [-0.1, -0.05) is 57.5 Å². The smallest absolute Gasteiger partial charge is 0.120 e. The lowest BCUT2D eigenvalue weighted by molar-refractivity contribution is 0.0117. The van der Waals surface area contributed by atoms with Gasteiger partial charge in [0.25, 0.3) is 0 Å². The summed E-state index contributed by atoms with van der Waals surface area (Å²) in [6, 6.07) is 8.99. The van der Waals surface area contributed by atoms with Gasteiger partial charge >= 0.3 is 0 Å². The van der Waals surface area contributed by atoms with E-state index in [9.17, 15) is 0 Å². The first kappa shape index (κ1) is 25.6. The summed E-state index contributed by atoms with van der Waals surface area (Å²) in [4.78, 5) is 2.71. The van der Waals surface area contributed by atoms with Crippen molar-refractivity contribution in [1.29, 1.82) is 0 Å². The zero-order chi connectivity index (χ0) is 23.3. The Morgan fingerprint density at radius 1 is 1.19 bits per heavy atom. The molecule has 1 aromatic carbocycles. The highest BCUT2D eigenvalue weighted by Gasteiger charge is 2.40. The molecule has 1 N–H and O–H groups in total. The molecule has 32 heavy (non-hydrogen) atoms. The van der Waals surface area contributed by atoms with E-state index in [1.165, 1.54) is 37.9 Å². The molecule has 0 saturated carbocycles. The van der Waals surface area contributed by atoms with Crippen LogP contribution in [0.15, 0.2) is 35.4 Å². The van der Waals surface area contributed by atoms with Crippen LogP contribution in [0.3, 0.4) is 0 Å². The third-order valence-electron chi connectivity index (χ3n) is 7.45. The van der Waals surface area contributed by atoms with Gasteiger partial charge in [0.05, 0.1) is 6.10 Å². The molecule has 4 heteroatoms. The Morgan fingerprint density at radius 3 is 2.59 bits per heavy atom. The molecule has 0 radical (unpaired) electrons. The van der Waals surface area contributed by atoms with E-state index in [1.807, 2.05) is 6.07 Å². The zero-order valence-corrected chi connectivity index (χ0v) is 21.9. The maximum absolute atomic E-state index is 6.25. The average molecular weight is 461 g/mol. The van der Waals surface area contributed by atoms with E-state index in [1.54, 1.807) is 0 Å². The van der Waals surface area contributed by atoms with Crippen molar-refractivity contribution in [2.75, 3.05) is 19.6 Å². The number of nitrogens with zero attached hydrogens (tertiary/aromatic N) is 1. The van der Waals surface area contributed by atoms with Crippen molar-refractivity contribution in [3.63, 3.8) is 0 Å². The van der Waals surface area contributed by atoms with Crippen molar-refractivity contribution in [3.05, 3.63) is 40.9 Å². The van der Waals surface area contributed by atoms with Crippen LogP contribution >= 0.6 is 11.6 Å². The summed E-state index contributed by atoms with van der Waals surface area (Å²) >= 11 is 6.25. The van der Waals surface area contributed by atoms with Gasteiger partial charge < -0.3 is 15.0 Å². The van der Waals surface area contributed by atoms with E-state index in [-0.39, 0.29) is 6.10 Å². The maximum Gasteiger partial charge on any atom is 0.120 e. The second-order valence-corrected chi connectivity index (χ2v) is 11.8. The summed E-state index contributed by atoms with van der Waals surface area (Å²) in [6.07, 6.45) is 7.29. The third-order valence-corrected chi connectivity index (χ3v) is 7.80. The number of hydrogen-bond acceptors (Lipinski definition) is 3. The van der Waals surface area contributed by atoms with Gasteiger partial charge in [0, 0.05) is 30.7 Å². The molecular formula is C28H45ClN2O. The van der Waals surface area contributed by atoms with Gasteiger partial charge in [-0.3, -0.25) is 0 Å². The van der Waals surface area contributed by atoms with E-state index in [0.29, 0.717) is 17.4 Å². The molecule has 2 aliphatic rings. The summed E-state index contributed by atoms with van der Waals surface area (Å²) in [7, 11) is 0. The SMILES string of the molecule is CC(C)Oc1cccc(CN[C@@H](CN2CC[C@H](C3CC=C(Cl)CC3)C(C)(C)C2)C(C)C)c1. The number of rotatable bonds is 9. The van der Waals surface area contributed by atoms with Crippen LogP contribution in [0.5, 0.6) is 5.75 Å². The summed E-state index contributed by atoms with van der Waals surface area (Å²) in [6.45, 7) is 18.2. The van der Waals surface area contributed by atoms with Gasteiger partial charge in [0.1, 0.15) is 5.75 Å². The van der Waals surface area contributed by atoms with Gasteiger partial charge in [0.2, 0.25) is 0 Å². The molecule has 1 aromatic rings. The fraction of sp³-hybridized carbons (Fsp3) is 0.714. The molecule has 0 spiro atoms. The number of halogens is 1. The number of hydrogen-bond donors (Lipinski definition) is 1. The summed E-state index contributed by atoms with van der Waals surface area (Å²) in [5.74, 6) is 3.16. The second-order valence-electron chi connectivity index (χ2n) is 11.3. The number of likely N-dealkylation sites (tertiary alicyclic amines) is 1. The Morgan fingerprint density at radius 2 is 1.97 bits per heavy atom. The molecule has 3 nitrogen and oxygen atoms in total. The Bertz CT molecular complexity index is 758. The fourth-order valence-electron chi connectivity index (χ4n) is 5.74. The Hall–Kier alpha value is -1.03. The molecule has 180 valence electrons. The highest BCUT2D eigenvalue weighted by Crippen LogP contribution is 2.45. The van der Waals surface area contributed by atoms with Crippen LogP contribution in [0, 0.1) is 23.2 Å². The van der Waals surface area contributed by atoms with Crippen molar-refractivity contribution in [3.8, 4) is 5.75 Å². The minimum atomic E-state index is 0.203. The van der Waals surface area contributed by atoms with Crippen molar-refractivity contribution < 1.29 is 4.74 Å². The van der Waals surface area contributed by atoms with E-state index < -0.39 is 0 Å². The molecule has 1 heterocycles. The predicted octanol–water partition coefficient (Wildman–Crippen LogP) is 6.86. The van der Waals surface area contributed by atoms with Crippen molar-refractivity contribution in [1.82, 2.24) is 10.2 Å². The van der Waals surface area contributed by atoms with Crippen LogP contribution in [0.2, 0.25) is 0 Å². The number of benzene rings is 1. The van der Waals surface area contributed by atoms with Gasteiger partial charge in [-0.05, 0) is 86.9 Å². The Kier molecular flexibility index (Phi) is 9.12. The molecule has 3 atom stereocenters. The molecule has 1 aliphatic carbocycles. The standard InChI is InChI=1S/C28H45ClN2O/c1-20(2)27(30-17-22-8-7-9-25(16-22)32-21(3)4)18-31-15-14-26(28(5,6)19-31)23-10-12-24(29)13-11-23/h7-9,12,16,20-21,23,26-27,30H,10-11,13-15,17-19H2,1-6H3/t23?,26-,27+/m1/s1. The predicted molar refractivity (Wildman–Crippen MR) is 137 cm³/mol. The average Bonchev–Trinajstić information content (AvgIpc) is 2.71. The maximum atomic E-state index is 6.25. The summed E-state index contributed by atoms with van der Waals surface area (Å²) in [5.41, 5.74) is 1.64. The van der Waals surface area contributed by atoms with Gasteiger partial charge in [0.15, 0.2) is 0 Å². The number of allylic oxidation sites excluding steroid dienone is 2. The topological polar surface area (TPSA) is 24.5 Å². The lowest BCUT2D eigenvalue weighted by Gasteiger charge is -2.49.